The molecule has 1 amide bonds. The Labute approximate surface area is 116 Å². The standard InChI is InChI=1S/C16H26N2O/c1-4-15(12-14-8-6-5-7-9-14)18(3)16(19)11-10-13(2)17/h5-9,13,15H,4,10-12,17H2,1-3H3. The van der Waals surface area contributed by atoms with E-state index in [-0.39, 0.29) is 18.0 Å². The second-order valence-electron chi connectivity index (χ2n) is 5.27. The lowest BCUT2D eigenvalue weighted by Gasteiger charge is -2.28. The fraction of sp³-hybridized carbons (Fsp3) is 0.562. The highest BCUT2D eigenvalue weighted by Crippen LogP contribution is 2.12. The fourth-order valence-electron chi connectivity index (χ4n) is 2.17. The lowest BCUT2D eigenvalue weighted by atomic mass is 10.0. The van der Waals surface area contributed by atoms with Crippen LogP contribution in [-0.2, 0) is 11.2 Å². The molecule has 3 nitrogen and oxygen atoms in total. The summed E-state index contributed by atoms with van der Waals surface area (Å²) < 4.78 is 0. The molecule has 0 spiro atoms. The Balaban J connectivity index is 2.56. The maximum Gasteiger partial charge on any atom is 0.222 e. The molecule has 1 aromatic carbocycles. The van der Waals surface area contributed by atoms with Crippen LogP contribution in [0.2, 0.25) is 0 Å². The minimum absolute atomic E-state index is 0.0894. The van der Waals surface area contributed by atoms with Crippen LogP contribution in [0.25, 0.3) is 0 Å². The Morgan fingerprint density at radius 3 is 2.47 bits per heavy atom. The van der Waals surface area contributed by atoms with E-state index in [0.717, 1.165) is 19.3 Å². The summed E-state index contributed by atoms with van der Waals surface area (Å²) in [5.74, 6) is 0.195. The molecule has 0 bridgehead atoms. The molecule has 0 radical (unpaired) electrons. The van der Waals surface area contributed by atoms with Gasteiger partial charge in [0.25, 0.3) is 0 Å². The number of hydrogen-bond donors (Lipinski definition) is 1. The summed E-state index contributed by atoms with van der Waals surface area (Å²) in [6.45, 7) is 4.07. The molecule has 0 aliphatic heterocycles. The van der Waals surface area contributed by atoms with E-state index in [9.17, 15) is 4.79 Å². The zero-order valence-electron chi connectivity index (χ0n) is 12.3. The summed E-state index contributed by atoms with van der Waals surface area (Å²) in [4.78, 5) is 14.0. The van der Waals surface area contributed by atoms with Crippen molar-refractivity contribution in [1.29, 1.82) is 0 Å². The molecule has 0 saturated heterocycles. The molecular formula is C16H26N2O. The average molecular weight is 262 g/mol. The van der Waals surface area contributed by atoms with Gasteiger partial charge in [-0.15, -0.1) is 0 Å². The zero-order chi connectivity index (χ0) is 14.3. The first kappa shape index (κ1) is 15.7. The zero-order valence-corrected chi connectivity index (χ0v) is 12.3. The third kappa shape index (κ3) is 5.43. The highest BCUT2D eigenvalue weighted by atomic mass is 16.2. The van der Waals surface area contributed by atoms with Gasteiger partial charge in [0.1, 0.15) is 0 Å². The van der Waals surface area contributed by atoms with E-state index >= 15 is 0 Å². The van der Waals surface area contributed by atoms with Crippen LogP contribution in [0.15, 0.2) is 30.3 Å². The maximum absolute atomic E-state index is 12.1. The van der Waals surface area contributed by atoms with Crippen LogP contribution in [0, 0.1) is 0 Å². The molecule has 19 heavy (non-hydrogen) atoms. The van der Waals surface area contributed by atoms with Gasteiger partial charge < -0.3 is 10.6 Å². The van der Waals surface area contributed by atoms with Crippen molar-refractivity contribution in [3.8, 4) is 0 Å². The van der Waals surface area contributed by atoms with Crippen LogP contribution in [0.3, 0.4) is 0 Å². The van der Waals surface area contributed by atoms with Crippen molar-refractivity contribution in [2.75, 3.05) is 7.05 Å². The minimum Gasteiger partial charge on any atom is -0.342 e. The summed E-state index contributed by atoms with van der Waals surface area (Å²) in [6.07, 6.45) is 3.18. The van der Waals surface area contributed by atoms with Crippen molar-refractivity contribution in [2.24, 2.45) is 5.73 Å². The third-order valence-electron chi connectivity index (χ3n) is 3.54. The van der Waals surface area contributed by atoms with E-state index in [0.29, 0.717) is 6.42 Å². The molecule has 3 heteroatoms. The van der Waals surface area contributed by atoms with Gasteiger partial charge in [-0.25, -0.2) is 0 Å². The lowest BCUT2D eigenvalue weighted by molar-refractivity contribution is -0.132. The van der Waals surface area contributed by atoms with Crippen molar-refractivity contribution < 1.29 is 4.79 Å². The van der Waals surface area contributed by atoms with Crippen LogP contribution in [0.4, 0.5) is 0 Å². The topological polar surface area (TPSA) is 46.3 Å². The van der Waals surface area contributed by atoms with Crippen molar-refractivity contribution >= 4 is 5.91 Å². The maximum atomic E-state index is 12.1. The molecule has 1 rings (SSSR count). The molecule has 0 aliphatic carbocycles. The third-order valence-corrected chi connectivity index (χ3v) is 3.54. The number of likely N-dealkylation sites (N-methyl/N-ethyl adjacent to an activating group) is 1. The van der Waals surface area contributed by atoms with Crippen LogP contribution in [0.1, 0.15) is 38.7 Å². The van der Waals surface area contributed by atoms with Gasteiger partial charge in [-0.05, 0) is 31.7 Å². The van der Waals surface area contributed by atoms with E-state index in [1.807, 2.05) is 37.1 Å². The van der Waals surface area contributed by atoms with Crippen molar-refractivity contribution in [1.82, 2.24) is 4.90 Å². The van der Waals surface area contributed by atoms with E-state index < -0.39 is 0 Å². The summed E-state index contributed by atoms with van der Waals surface area (Å²) in [6, 6.07) is 10.7. The van der Waals surface area contributed by atoms with Crippen LogP contribution >= 0.6 is 0 Å². The van der Waals surface area contributed by atoms with Gasteiger partial charge >= 0.3 is 0 Å². The summed E-state index contributed by atoms with van der Waals surface area (Å²) in [5, 5.41) is 0. The monoisotopic (exact) mass is 262 g/mol. The minimum atomic E-state index is 0.0894. The first-order valence-electron chi connectivity index (χ1n) is 7.09. The Hall–Kier alpha value is -1.35. The van der Waals surface area contributed by atoms with E-state index in [2.05, 4.69) is 19.1 Å². The second-order valence-corrected chi connectivity index (χ2v) is 5.27. The van der Waals surface area contributed by atoms with Crippen LogP contribution in [0.5, 0.6) is 0 Å². The molecule has 0 aromatic heterocycles. The number of benzene rings is 1. The first-order valence-corrected chi connectivity index (χ1v) is 7.09. The van der Waals surface area contributed by atoms with Crippen molar-refractivity contribution in [3.63, 3.8) is 0 Å². The highest BCUT2D eigenvalue weighted by Gasteiger charge is 2.18. The summed E-state index contributed by atoms with van der Waals surface area (Å²) >= 11 is 0. The smallest absolute Gasteiger partial charge is 0.222 e. The molecule has 106 valence electrons. The highest BCUT2D eigenvalue weighted by molar-refractivity contribution is 5.76. The van der Waals surface area contributed by atoms with E-state index in [4.69, 9.17) is 5.73 Å². The quantitative estimate of drug-likeness (QED) is 0.821. The Morgan fingerprint density at radius 2 is 1.95 bits per heavy atom. The molecule has 0 fully saturated rings. The van der Waals surface area contributed by atoms with Gasteiger partial charge in [0.05, 0.1) is 0 Å². The summed E-state index contributed by atoms with van der Waals surface area (Å²) in [7, 11) is 1.90. The van der Waals surface area contributed by atoms with Gasteiger partial charge in [-0.2, -0.15) is 0 Å². The predicted molar refractivity (Wildman–Crippen MR) is 79.9 cm³/mol. The lowest BCUT2D eigenvalue weighted by Crippen LogP contribution is -2.38. The van der Waals surface area contributed by atoms with Crippen LogP contribution in [-0.4, -0.2) is 29.9 Å². The van der Waals surface area contributed by atoms with Gasteiger partial charge in [-0.3, -0.25) is 4.79 Å². The van der Waals surface area contributed by atoms with Gasteiger partial charge in [0.2, 0.25) is 5.91 Å². The number of amides is 1. The molecule has 0 aliphatic rings. The Bertz CT molecular complexity index is 376. The fourth-order valence-corrected chi connectivity index (χ4v) is 2.17. The first-order chi connectivity index (χ1) is 9.04. The Kier molecular flexibility index (Phi) is 6.57. The second kappa shape index (κ2) is 7.95. The largest absolute Gasteiger partial charge is 0.342 e. The number of carbonyl (C=O) groups excluding carboxylic acids is 1. The average Bonchev–Trinajstić information content (AvgIpc) is 2.42. The number of nitrogens with two attached hydrogens (primary N) is 1. The SMILES string of the molecule is CCC(Cc1ccccc1)N(C)C(=O)CCC(C)N. The number of rotatable bonds is 7. The normalized spacial score (nSPS) is 13.9. The van der Waals surface area contributed by atoms with Gasteiger partial charge in [0, 0.05) is 25.6 Å². The molecular weight excluding hydrogens is 236 g/mol. The molecule has 2 atom stereocenters. The number of hydrogen-bond acceptors (Lipinski definition) is 2. The van der Waals surface area contributed by atoms with Crippen molar-refractivity contribution in [3.05, 3.63) is 35.9 Å². The van der Waals surface area contributed by atoms with Crippen LogP contribution < -0.4 is 5.73 Å². The molecule has 1 aromatic rings. The molecule has 0 heterocycles. The van der Waals surface area contributed by atoms with Gasteiger partial charge in [0.15, 0.2) is 0 Å². The predicted octanol–water partition coefficient (Wildman–Crippen LogP) is 2.59. The molecule has 2 N–H and O–H groups in total. The van der Waals surface area contributed by atoms with Gasteiger partial charge in [-0.1, -0.05) is 37.3 Å². The molecule has 0 saturated carbocycles. The van der Waals surface area contributed by atoms with E-state index in [1.54, 1.807) is 0 Å². The molecule has 2 unspecified atom stereocenters. The number of carbonyl (C=O) groups is 1. The van der Waals surface area contributed by atoms with Crippen molar-refractivity contribution in [2.45, 2.75) is 51.6 Å². The number of nitrogens with zero attached hydrogens (tertiary/aromatic N) is 1. The van der Waals surface area contributed by atoms with E-state index in [1.165, 1.54) is 5.56 Å². The Morgan fingerprint density at radius 1 is 1.32 bits per heavy atom. The summed E-state index contributed by atoms with van der Waals surface area (Å²) in [5.41, 5.74) is 6.98.